The van der Waals surface area contributed by atoms with Gasteiger partial charge in [0.15, 0.2) is 0 Å². The van der Waals surface area contributed by atoms with Crippen LogP contribution in [-0.2, 0) is 15.0 Å². The maximum Gasteiger partial charge on any atom is 0.281 e. The van der Waals surface area contributed by atoms with Gasteiger partial charge in [0.1, 0.15) is 5.75 Å². The van der Waals surface area contributed by atoms with Crippen LogP contribution in [0.15, 0.2) is 24.3 Å². The number of piperidine rings is 1. The zero-order valence-electron chi connectivity index (χ0n) is 15.2. The van der Waals surface area contributed by atoms with E-state index >= 15 is 0 Å². The molecule has 1 heterocycles. The quantitative estimate of drug-likeness (QED) is 0.831. The standard InChI is InChI=1S/C17H27N3O4S/c1-13(2)24-16-9-5-8-15(11-16)18-17(21)14-7-6-10-20(12-14)25(22,23)19(3)4/h5,8-9,11,13-14H,6-7,10,12H2,1-4H3,(H,18,21)/t14-/m1/s1. The lowest BCUT2D eigenvalue weighted by Gasteiger charge is -2.32. The molecule has 25 heavy (non-hydrogen) atoms. The first-order chi connectivity index (χ1) is 11.7. The van der Waals surface area contributed by atoms with Gasteiger partial charge >= 0.3 is 0 Å². The molecule has 0 aliphatic carbocycles. The third-order valence-corrected chi connectivity index (χ3v) is 5.92. The predicted molar refractivity (Wildman–Crippen MR) is 97.7 cm³/mol. The molecule has 0 aromatic heterocycles. The summed E-state index contributed by atoms with van der Waals surface area (Å²) in [6.45, 7) is 4.52. The van der Waals surface area contributed by atoms with Crippen molar-refractivity contribution in [3.8, 4) is 5.75 Å². The van der Waals surface area contributed by atoms with E-state index in [1.807, 2.05) is 26.0 Å². The van der Waals surface area contributed by atoms with Gasteiger partial charge in [0.05, 0.1) is 12.0 Å². The molecule has 0 bridgehead atoms. The molecule has 1 amide bonds. The molecule has 140 valence electrons. The first-order valence-electron chi connectivity index (χ1n) is 8.45. The summed E-state index contributed by atoms with van der Waals surface area (Å²) in [6, 6.07) is 7.22. The fourth-order valence-corrected chi connectivity index (χ4v) is 3.95. The van der Waals surface area contributed by atoms with E-state index in [4.69, 9.17) is 4.74 Å². The number of hydrogen-bond acceptors (Lipinski definition) is 4. The zero-order valence-corrected chi connectivity index (χ0v) is 16.0. The Morgan fingerprint density at radius 3 is 2.72 bits per heavy atom. The summed E-state index contributed by atoms with van der Waals surface area (Å²) in [4.78, 5) is 12.6. The van der Waals surface area contributed by atoms with E-state index in [-0.39, 0.29) is 24.5 Å². The third-order valence-electron chi connectivity index (χ3n) is 4.02. The number of hydrogen-bond donors (Lipinski definition) is 1. The Balaban J connectivity index is 2.03. The van der Waals surface area contributed by atoms with E-state index in [0.29, 0.717) is 30.8 Å². The normalized spacial score (nSPS) is 19.2. The number of anilines is 1. The van der Waals surface area contributed by atoms with Gasteiger partial charge in [-0.25, -0.2) is 0 Å². The number of carbonyl (C=O) groups excluding carboxylic acids is 1. The lowest BCUT2D eigenvalue weighted by Crippen LogP contribution is -2.47. The fourth-order valence-electron chi connectivity index (χ4n) is 2.76. The molecule has 1 aliphatic rings. The Morgan fingerprint density at radius 1 is 1.36 bits per heavy atom. The fraction of sp³-hybridized carbons (Fsp3) is 0.588. The molecule has 1 aromatic rings. The summed E-state index contributed by atoms with van der Waals surface area (Å²) in [5.41, 5.74) is 0.649. The first kappa shape index (κ1) is 19.7. The second-order valence-electron chi connectivity index (χ2n) is 6.67. The molecular weight excluding hydrogens is 342 g/mol. The van der Waals surface area contributed by atoms with Gasteiger partial charge in [0.2, 0.25) is 5.91 Å². The highest BCUT2D eigenvalue weighted by atomic mass is 32.2. The molecule has 1 atom stereocenters. The number of benzene rings is 1. The van der Waals surface area contributed by atoms with Crippen molar-refractivity contribution in [2.75, 3.05) is 32.5 Å². The smallest absolute Gasteiger partial charge is 0.281 e. The third kappa shape index (κ3) is 5.17. The molecule has 1 saturated heterocycles. The molecule has 0 saturated carbocycles. The Kier molecular flexibility index (Phi) is 6.42. The van der Waals surface area contributed by atoms with Crippen LogP contribution in [0.1, 0.15) is 26.7 Å². The summed E-state index contributed by atoms with van der Waals surface area (Å²) in [5, 5.41) is 2.87. The van der Waals surface area contributed by atoms with Gasteiger partial charge < -0.3 is 10.1 Å². The summed E-state index contributed by atoms with van der Waals surface area (Å²) in [7, 11) is -0.494. The summed E-state index contributed by atoms with van der Waals surface area (Å²) in [5.74, 6) is 0.159. The van der Waals surface area contributed by atoms with Crippen molar-refractivity contribution in [3.63, 3.8) is 0 Å². The number of ether oxygens (including phenoxy) is 1. The van der Waals surface area contributed by atoms with Gasteiger partial charge in [-0.3, -0.25) is 4.79 Å². The van der Waals surface area contributed by atoms with Gasteiger partial charge in [0.25, 0.3) is 10.2 Å². The van der Waals surface area contributed by atoms with Crippen molar-refractivity contribution >= 4 is 21.8 Å². The molecule has 0 unspecified atom stereocenters. The number of nitrogens with one attached hydrogen (secondary N) is 1. The van der Waals surface area contributed by atoms with E-state index in [1.165, 1.54) is 22.7 Å². The average Bonchev–Trinajstić information content (AvgIpc) is 2.54. The molecular formula is C17H27N3O4S. The molecule has 1 aromatic carbocycles. The highest BCUT2D eigenvalue weighted by Crippen LogP contribution is 2.23. The highest BCUT2D eigenvalue weighted by Gasteiger charge is 2.33. The average molecular weight is 369 g/mol. The van der Waals surface area contributed by atoms with Crippen LogP contribution >= 0.6 is 0 Å². The Bertz CT molecular complexity index is 704. The summed E-state index contributed by atoms with van der Waals surface area (Å²) < 4.78 is 32.7. The summed E-state index contributed by atoms with van der Waals surface area (Å²) >= 11 is 0. The van der Waals surface area contributed by atoms with Gasteiger partial charge in [-0.1, -0.05) is 6.07 Å². The van der Waals surface area contributed by atoms with Crippen molar-refractivity contribution in [1.82, 2.24) is 8.61 Å². The minimum atomic E-state index is -3.49. The minimum absolute atomic E-state index is 0.0501. The zero-order chi connectivity index (χ0) is 18.6. The topological polar surface area (TPSA) is 79.0 Å². The van der Waals surface area contributed by atoms with Crippen LogP contribution in [0.2, 0.25) is 0 Å². The monoisotopic (exact) mass is 369 g/mol. The van der Waals surface area contributed by atoms with Gasteiger partial charge in [0, 0.05) is 38.9 Å². The molecule has 1 fully saturated rings. The molecule has 8 heteroatoms. The Labute approximate surface area is 150 Å². The molecule has 1 N–H and O–H groups in total. The van der Waals surface area contributed by atoms with Crippen LogP contribution in [0.3, 0.4) is 0 Å². The summed E-state index contributed by atoms with van der Waals surface area (Å²) in [6.07, 6.45) is 1.39. The Hall–Kier alpha value is -1.64. The van der Waals surface area contributed by atoms with Crippen LogP contribution in [0.4, 0.5) is 5.69 Å². The van der Waals surface area contributed by atoms with Gasteiger partial charge in [-0.2, -0.15) is 17.0 Å². The Morgan fingerprint density at radius 2 is 2.08 bits per heavy atom. The largest absolute Gasteiger partial charge is 0.491 e. The molecule has 0 spiro atoms. The van der Waals surface area contributed by atoms with Crippen molar-refractivity contribution in [1.29, 1.82) is 0 Å². The lowest BCUT2D eigenvalue weighted by atomic mass is 9.98. The van der Waals surface area contributed by atoms with Crippen LogP contribution in [0, 0.1) is 5.92 Å². The minimum Gasteiger partial charge on any atom is -0.491 e. The van der Waals surface area contributed by atoms with Crippen LogP contribution < -0.4 is 10.1 Å². The predicted octanol–water partition coefficient (Wildman–Crippen LogP) is 1.93. The highest BCUT2D eigenvalue weighted by molar-refractivity contribution is 7.86. The van der Waals surface area contributed by atoms with Crippen molar-refractivity contribution < 1.29 is 17.9 Å². The second-order valence-corrected chi connectivity index (χ2v) is 8.81. The molecule has 1 aliphatic heterocycles. The van der Waals surface area contributed by atoms with Gasteiger partial charge in [-0.05, 0) is 38.8 Å². The molecule has 2 rings (SSSR count). The van der Waals surface area contributed by atoms with Gasteiger partial charge in [-0.15, -0.1) is 0 Å². The van der Waals surface area contributed by atoms with Crippen molar-refractivity contribution in [2.24, 2.45) is 5.92 Å². The van der Waals surface area contributed by atoms with Crippen LogP contribution in [-0.4, -0.2) is 56.2 Å². The maximum atomic E-state index is 12.6. The van der Waals surface area contributed by atoms with E-state index < -0.39 is 10.2 Å². The maximum absolute atomic E-state index is 12.6. The molecule has 0 radical (unpaired) electrons. The SMILES string of the molecule is CC(C)Oc1cccc(NC(=O)[C@@H]2CCCN(S(=O)(=O)N(C)C)C2)c1. The van der Waals surface area contributed by atoms with E-state index in [9.17, 15) is 13.2 Å². The van der Waals surface area contributed by atoms with E-state index in [2.05, 4.69) is 5.32 Å². The van der Waals surface area contributed by atoms with E-state index in [1.54, 1.807) is 12.1 Å². The van der Waals surface area contributed by atoms with Crippen LogP contribution in [0.5, 0.6) is 5.75 Å². The lowest BCUT2D eigenvalue weighted by molar-refractivity contribution is -0.120. The second kappa shape index (κ2) is 8.16. The number of amides is 1. The van der Waals surface area contributed by atoms with Crippen molar-refractivity contribution in [3.05, 3.63) is 24.3 Å². The number of rotatable bonds is 6. The number of carbonyl (C=O) groups is 1. The van der Waals surface area contributed by atoms with Crippen molar-refractivity contribution in [2.45, 2.75) is 32.8 Å². The van der Waals surface area contributed by atoms with E-state index in [0.717, 1.165) is 0 Å². The molecule has 7 nitrogen and oxygen atoms in total. The van der Waals surface area contributed by atoms with Crippen LogP contribution in [0.25, 0.3) is 0 Å². The first-order valence-corrected chi connectivity index (χ1v) is 9.85. The number of nitrogens with zero attached hydrogens (tertiary/aromatic N) is 2.